The summed E-state index contributed by atoms with van der Waals surface area (Å²) in [5.41, 5.74) is -4.60. The summed E-state index contributed by atoms with van der Waals surface area (Å²) in [6, 6.07) is 5.37. The van der Waals surface area contributed by atoms with Gasteiger partial charge in [0, 0.05) is 50.3 Å². The Morgan fingerprint density at radius 3 is 2.23 bits per heavy atom. The van der Waals surface area contributed by atoms with Crippen LogP contribution in [0, 0.1) is 5.82 Å². The zero-order valence-corrected chi connectivity index (χ0v) is 25.8. The van der Waals surface area contributed by atoms with Crippen LogP contribution < -0.4 is 5.56 Å². The van der Waals surface area contributed by atoms with E-state index in [4.69, 9.17) is 19.2 Å². The van der Waals surface area contributed by atoms with E-state index in [2.05, 4.69) is 4.98 Å². The highest BCUT2D eigenvalue weighted by molar-refractivity contribution is 7.98. The molecule has 1 aliphatic rings. The minimum atomic E-state index is -4.61. The third kappa shape index (κ3) is 8.70. The first-order valence-electron chi connectivity index (χ1n) is 22.0. The Hall–Kier alpha value is -3.96. The predicted molar refractivity (Wildman–Crippen MR) is 177 cm³/mol. The summed E-state index contributed by atoms with van der Waals surface area (Å²) in [7, 11) is 0. The van der Waals surface area contributed by atoms with E-state index in [0.29, 0.717) is 37.3 Å². The number of thioether (sulfide) groups is 1. The SMILES string of the molecule is [2H]c1c([2H])c(CSc2nc(=O)c3c(n2CC(=O)N(CCN(C([2H])([2H])C)C([2H])([2H])C)C([2H])([2H])c2ccc(-c4ccc(C(F)(F)F)cc4)cc2)C([2H])([2H])C([2H])([2H])C3([2H])[2H])c([2H])c([2H])c1F. The van der Waals surface area contributed by atoms with Crippen molar-refractivity contribution < 1.29 is 44.3 Å². The average Bonchev–Trinajstić information content (AvgIpc) is 3.27. The lowest BCUT2D eigenvalue weighted by molar-refractivity contribution is -0.137. The maximum Gasteiger partial charge on any atom is 0.416 e. The maximum absolute atomic E-state index is 14.7. The normalized spacial score (nSPS) is 21.9. The molecule has 0 atom stereocenters. The van der Waals surface area contributed by atoms with Crippen molar-refractivity contribution in [1.29, 1.82) is 0 Å². The Balaban J connectivity index is 1.66. The number of benzene rings is 3. The summed E-state index contributed by atoms with van der Waals surface area (Å²) >= 11 is 0.394. The number of carbonyl (C=O) groups is 1. The van der Waals surface area contributed by atoms with E-state index >= 15 is 0 Å². The number of likely N-dealkylation sites (N-methyl/N-ethyl adjacent to an activating group) is 1. The molecule has 0 radical (unpaired) electrons. The molecule has 0 unspecified atom stereocenters. The van der Waals surface area contributed by atoms with Crippen LogP contribution in [0.25, 0.3) is 11.1 Å². The molecule has 5 rings (SSSR count). The van der Waals surface area contributed by atoms with Gasteiger partial charge in [0.1, 0.15) is 12.4 Å². The van der Waals surface area contributed by atoms with Gasteiger partial charge >= 0.3 is 6.18 Å². The van der Waals surface area contributed by atoms with Gasteiger partial charge < -0.3 is 14.4 Å². The van der Waals surface area contributed by atoms with Crippen molar-refractivity contribution in [2.75, 3.05) is 26.1 Å². The molecule has 47 heavy (non-hydrogen) atoms. The van der Waals surface area contributed by atoms with E-state index in [0.717, 1.165) is 26.0 Å². The molecule has 0 aliphatic heterocycles. The molecule has 3 aromatic carbocycles. The summed E-state index contributed by atoms with van der Waals surface area (Å²) < 4.78 is 190. The summed E-state index contributed by atoms with van der Waals surface area (Å²) in [5.74, 6) is -3.44. The smallest absolute Gasteiger partial charge is 0.336 e. The number of hydrogen-bond acceptors (Lipinski definition) is 5. The Morgan fingerprint density at radius 2 is 1.62 bits per heavy atom. The summed E-state index contributed by atoms with van der Waals surface area (Å²) in [6.45, 7) is -8.47. The number of aromatic nitrogens is 2. The number of fused-ring (bicyclic) bond motifs is 1. The molecular weight excluding hydrogens is 628 g/mol. The number of hydrogen-bond donors (Lipinski definition) is 0. The van der Waals surface area contributed by atoms with Gasteiger partial charge in [0.05, 0.1) is 13.8 Å². The Bertz CT molecular complexity index is 2430. The van der Waals surface area contributed by atoms with Gasteiger partial charge in [-0.1, -0.05) is 74.1 Å². The van der Waals surface area contributed by atoms with E-state index in [9.17, 15) is 29.9 Å². The number of halogens is 4. The van der Waals surface area contributed by atoms with Crippen molar-refractivity contribution in [2.24, 2.45) is 0 Å². The van der Waals surface area contributed by atoms with Gasteiger partial charge in [-0.3, -0.25) is 9.59 Å². The molecule has 4 aromatic rings. The van der Waals surface area contributed by atoms with Gasteiger partial charge in [-0.15, -0.1) is 0 Å². The first-order chi connectivity index (χ1) is 28.6. The third-order valence-corrected chi connectivity index (χ3v) is 7.89. The van der Waals surface area contributed by atoms with E-state index in [1.165, 1.54) is 36.4 Å². The second-order valence-electron chi connectivity index (χ2n) is 9.87. The molecule has 0 spiro atoms. The zero-order valence-electron chi connectivity index (χ0n) is 41.0. The predicted octanol–water partition coefficient (Wildman–Crippen LogP) is 7.22. The van der Waals surface area contributed by atoms with Gasteiger partial charge in [0.2, 0.25) is 5.91 Å². The van der Waals surface area contributed by atoms with Crippen molar-refractivity contribution in [1.82, 2.24) is 19.4 Å². The van der Waals surface area contributed by atoms with Gasteiger partial charge in [0.15, 0.2) is 5.16 Å². The van der Waals surface area contributed by atoms with Crippen LogP contribution in [0.3, 0.4) is 0 Å². The fraction of sp³-hybridized carbons (Fsp3) is 0.361. The van der Waals surface area contributed by atoms with Crippen molar-refractivity contribution in [2.45, 2.75) is 63.1 Å². The monoisotopic (exact) mass is 682 g/mol. The first kappa shape index (κ1) is 19.1. The van der Waals surface area contributed by atoms with Crippen LogP contribution in [0.5, 0.6) is 0 Å². The summed E-state index contributed by atoms with van der Waals surface area (Å²) in [5, 5.41) is -0.663. The molecule has 1 heterocycles. The molecule has 1 amide bonds. The second kappa shape index (κ2) is 15.3. The molecule has 0 saturated carbocycles. The number of amides is 1. The van der Waals surface area contributed by atoms with Gasteiger partial charge in [0.25, 0.3) is 5.56 Å². The minimum absolute atomic E-state index is 0.266. The highest BCUT2D eigenvalue weighted by atomic mass is 32.2. The number of alkyl halides is 3. The van der Waals surface area contributed by atoms with Crippen LogP contribution in [0.1, 0.15) is 70.1 Å². The van der Waals surface area contributed by atoms with Crippen molar-refractivity contribution in [3.05, 3.63) is 117 Å². The topological polar surface area (TPSA) is 58.4 Å². The highest BCUT2D eigenvalue weighted by Crippen LogP contribution is 2.31. The number of nitrogens with zero attached hydrogens (tertiary/aromatic N) is 4. The van der Waals surface area contributed by atoms with E-state index in [-0.39, 0.29) is 5.56 Å². The lowest BCUT2D eigenvalue weighted by Crippen LogP contribution is -2.40. The van der Waals surface area contributed by atoms with Gasteiger partial charge in [-0.05, 0) is 78.6 Å². The van der Waals surface area contributed by atoms with Crippen LogP contribution in [0.2, 0.25) is 0 Å². The number of carbonyl (C=O) groups excluding carboxylic acids is 1. The molecule has 0 N–H and O–H groups in total. The van der Waals surface area contributed by atoms with Crippen LogP contribution >= 0.6 is 11.8 Å². The van der Waals surface area contributed by atoms with Crippen LogP contribution in [0.15, 0.2) is 82.7 Å². The molecule has 6 nitrogen and oxygen atoms in total. The Kier molecular flexibility index (Phi) is 6.23. The lowest BCUT2D eigenvalue weighted by Gasteiger charge is -2.28. The van der Waals surface area contributed by atoms with Crippen molar-refractivity contribution in [3.8, 4) is 11.1 Å². The number of rotatable bonds is 13. The fourth-order valence-electron chi connectivity index (χ4n) is 4.46. The standard InChI is InChI=1S/C36H38F4N4O2S/c1-3-42(4-2)20-21-43(22-25-8-12-27(13-9-25)28-14-16-29(17-15-28)36(38,39)40)33(45)23-44-32-7-5-6-31(32)34(46)41-35(44)47-24-26-10-18-30(37)19-11-26/h8-19H,3-7,20-24H2,1-2H3/i3D2,4D2,5D2,6D2,7D2,10D,11D,18D,19D,22D2. The Morgan fingerprint density at radius 1 is 0.979 bits per heavy atom. The molecule has 1 aliphatic carbocycles. The lowest BCUT2D eigenvalue weighted by atomic mass is 10.0. The quantitative estimate of drug-likeness (QED) is 0.0847. The molecule has 0 fully saturated rings. The molecule has 0 bridgehead atoms. The van der Waals surface area contributed by atoms with Crippen molar-refractivity contribution in [3.63, 3.8) is 0 Å². The third-order valence-electron chi connectivity index (χ3n) is 6.88. The molecule has 1 aromatic heterocycles. The second-order valence-corrected chi connectivity index (χ2v) is 10.8. The maximum atomic E-state index is 14.7. The van der Waals surface area contributed by atoms with Gasteiger partial charge in [-0.25, -0.2) is 4.39 Å². The largest absolute Gasteiger partial charge is 0.416 e. The van der Waals surface area contributed by atoms with E-state index in [1.54, 1.807) is 0 Å². The van der Waals surface area contributed by atoms with Crippen LogP contribution in [-0.2, 0) is 42.5 Å². The molecule has 0 saturated heterocycles. The average molecular weight is 683 g/mol. The highest BCUT2D eigenvalue weighted by Gasteiger charge is 2.30. The Labute approximate surface area is 298 Å². The minimum Gasteiger partial charge on any atom is -0.336 e. The van der Waals surface area contributed by atoms with E-state index < -0.39 is 139 Å². The fourth-order valence-corrected chi connectivity index (χ4v) is 5.34. The molecule has 248 valence electrons. The molecule has 11 heteroatoms. The first-order valence-corrected chi connectivity index (χ1v) is 15.0. The van der Waals surface area contributed by atoms with Gasteiger partial charge in [-0.2, -0.15) is 18.2 Å². The zero-order chi connectivity index (χ0) is 47.8. The summed E-state index contributed by atoms with van der Waals surface area (Å²) in [4.78, 5) is 33.2. The van der Waals surface area contributed by atoms with Crippen LogP contribution in [-0.4, -0.2) is 51.3 Å². The van der Waals surface area contributed by atoms with Crippen LogP contribution in [0.4, 0.5) is 17.6 Å². The summed E-state index contributed by atoms with van der Waals surface area (Å²) in [6.07, 6.45) is -14.9. The van der Waals surface area contributed by atoms with E-state index in [1.807, 2.05) is 0 Å². The molecular formula is C36H38F4N4O2S. The van der Waals surface area contributed by atoms with Crippen molar-refractivity contribution >= 4 is 17.7 Å².